The molecule has 0 amide bonds. The van der Waals surface area contributed by atoms with Crippen molar-refractivity contribution >= 4 is 46.7 Å². The van der Waals surface area contributed by atoms with Gasteiger partial charge in [0.05, 0.1) is 0 Å². The van der Waals surface area contributed by atoms with E-state index in [9.17, 15) is 0 Å². The van der Waals surface area contributed by atoms with Gasteiger partial charge in [-0.25, -0.2) is 9.13 Å². The molecule has 12 heteroatoms. The molecule has 0 aliphatic heterocycles. The molecule has 8 nitrogen and oxygen atoms in total. The van der Waals surface area contributed by atoms with Crippen LogP contribution in [0.25, 0.3) is 0 Å². The zero-order valence-corrected chi connectivity index (χ0v) is 7.68. The van der Waals surface area contributed by atoms with E-state index in [4.69, 9.17) is 38.5 Å². The zero-order chi connectivity index (χ0) is 9.00. The Morgan fingerprint density at radius 3 is 0.667 bits per heavy atom. The van der Waals surface area contributed by atoms with Gasteiger partial charge < -0.3 is 29.4 Å². The van der Waals surface area contributed by atoms with E-state index >= 15 is 0 Å². The second-order valence-electron chi connectivity index (χ2n) is 1.03. The van der Waals surface area contributed by atoms with E-state index in [1.54, 1.807) is 0 Å². The van der Waals surface area contributed by atoms with Gasteiger partial charge in [0.25, 0.3) is 0 Å². The molecule has 0 aromatic heterocycles. The Bertz CT molecular complexity index is 129. The van der Waals surface area contributed by atoms with E-state index in [-0.39, 0.29) is 31.1 Å². The molecule has 0 aliphatic rings. The van der Waals surface area contributed by atoms with Crippen LogP contribution in [0.2, 0.25) is 0 Å². The molecule has 0 saturated carbocycles. The van der Waals surface area contributed by atoms with Crippen LogP contribution in [0.4, 0.5) is 0 Å². The summed E-state index contributed by atoms with van der Waals surface area (Å²) in [6, 6.07) is 0. The third kappa shape index (κ3) is 918. The fraction of sp³-hybridized carbons (Fsp3) is 0. The summed E-state index contributed by atoms with van der Waals surface area (Å²) in [5.74, 6) is 0. The fourth-order valence-corrected chi connectivity index (χ4v) is 0. The van der Waals surface area contributed by atoms with Crippen molar-refractivity contribution in [3.8, 4) is 0 Å². The van der Waals surface area contributed by atoms with Gasteiger partial charge in [0, 0.05) is 0 Å². The Morgan fingerprint density at radius 2 is 0.667 bits per heavy atom. The van der Waals surface area contributed by atoms with Crippen LogP contribution >= 0.6 is 29.1 Å². The zero-order valence-electron chi connectivity index (χ0n) is 4.89. The van der Waals surface area contributed by atoms with Crippen LogP contribution in [0, 0.1) is 0 Å². The molecule has 0 radical (unpaired) electrons. The van der Waals surface area contributed by atoms with Crippen molar-refractivity contribution < 1.29 is 38.5 Å². The third-order valence-electron chi connectivity index (χ3n) is 0. The summed E-state index contributed by atoms with van der Waals surface area (Å²) in [7, 11) is -9.28. The first-order chi connectivity index (χ1) is 4.00. The Morgan fingerprint density at radius 1 is 0.667 bits per heavy atom. The summed E-state index contributed by atoms with van der Waals surface area (Å²) in [5.41, 5.74) is 0. The molecule has 0 aliphatic carbocycles. The first-order valence-corrected chi connectivity index (χ1v) is 4.70. The van der Waals surface area contributed by atoms with Gasteiger partial charge in [0.15, 0.2) is 0 Å². The van der Waals surface area contributed by atoms with Gasteiger partial charge in [-0.1, -0.05) is 0 Å². The monoisotopic (exact) mass is 308 g/mol. The average molecular weight is 307 g/mol. The van der Waals surface area contributed by atoms with Crippen LogP contribution in [0.5, 0.6) is 0 Å². The van der Waals surface area contributed by atoms with Gasteiger partial charge in [-0.3, -0.25) is 0 Å². The molecular formula is H12GeO8P2S. The minimum absolute atomic E-state index is 0. The Kier molecular flexibility index (Phi) is 16.8. The van der Waals surface area contributed by atoms with Crippen LogP contribution in [0.15, 0.2) is 0 Å². The second kappa shape index (κ2) is 8.70. The molecule has 0 bridgehead atoms. The van der Waals surface area contributed by atoms with Crippen molar-refractivity contribution in [3.05, 3.63) is 0 Å². The Labute approximate surface area is 85.5 Å². The quantitative estimate of drug-likeness (QED) is 0.202. The first-order valence-electron chi connectivity index (χ1n) is 1.57. The summed E-state index contributed by atoms with van der Waals surface area (Å²) < 4.78 is 17.8. The molecule has 6 N–H and O–H groups in total. The predicted molar refractivity (Wildman–Crippen MR) is 50.2 cm³/mol. The van der Waals surface area contributed by atoms with Crippen molar-refractivity contribution in [3.63, 3.8) is 0 Å². The van der Waals surface area contributed by atoms with Crippen LogP contribution in [0.1, 0.15) is 0 Å². The summed E-state index contributed by atoms with van der Waals surface area (Å²) in [4.78, 5) is 43.1. The Hall–Kier alpha value is 1.11. The van der Waals surface area contributed by atoms with E-state index in [0.717, 1.165) is 0 Å². The number of phosphoric acid groups is 2. The van der Waals surface area contributed by atoms with Gasteiger partial charge in [-0.05, 0) is 0 Å². The molecule has 0 spiro atoms. The number of hydrogen-bond donors (Lipinski definition) is 6. The van der Waals surface area contributed by atoms with Crippen LogP contribution in [-0.2, 0) is 9.13 Å². The average Bonchev–Trinajstić information content (AvgIpc) is 1.12. The molecule has 0 aromatic carbocycles. The summed E-state index contributed by atoms with van der Waals surface area (Å²) >= 11 is 0. The minimum atomic E-state index is -4.64. The molecule has 0 rings (SSSR count). The van der Waals surface area contributed by atoms with Crippen LogP contribution in [0.3, 0.4) is 0 Å². The molecule has 12 heavy (non-hydrogen) atoms. The van der Waals surface area contributed by atoms with Crippen molar-refractivity contribution in [1.82, 2.24) is 0 Å². The van der Waals surface area contributed by atoms with Gasteiger partial charge in [0.1, 0.15) is 0 Å². The number of hydrogen-bond acceptors (Lipinski definition) is 2. The molecule has 0 aromatic rings. The van der Waals surface area contributed by atoms with Crippen molar-refractivity contribution in [2.24, 2.45) is 0 Å². The van der Waals surface area contributed by atoms with Gasteiger partial charge in [0.2, 0.25) is 0 Å². The van der Waals surface area contributed by atoms with Crippen molar-refractivity contribution in [1.29, 1.82) is 0 Å². The normalized spacial score (nSPS) is 9.83. The second-order valence-corrected chi connectivity index (χ2v) is 3.08. The molecule has 0 atom stereocenters. The fourth-order valence-electron chi connectivity index (χ4n) is 0. The standard InChI is InChI=1S/GeH4.2H3O4P.H2S/c;2*1-5(2,3)4;/h1H4;2*(H3,1,2,3,4);1H2. The topological polar surface area (TPSA) is 156 Å². The predicted octanol–water partition coefficient (Wildman–Crippen LogP) is -3.20. The molecule has 0 fully saturated rings. The summed E-state index contributed by atoms with van der Waals surface area (Å²) in [5, 5.41) is 0. The van der Waals surface area contributed by atoms with E-state index in [0.29, 0.717) is 0 Å². The van der Waals surface area contributed by atoms with Crippen molar-refractivity contribution in [2.75, 3.05) is 0 Å². The molecule has 80 valence electrons. The van der Waals surface area contributed by atoms with Crippen LogP contribution in [-0.4, -0.2) is 47.0 Å². The number of rotatable bonds is 0. The summed E-state index contributed by atoms with van der Waals surface area (Å²) in [6.45, 7) is 0. The van der Waals surface area contributed by atoms with Gasteiger partial charge >= 0.3 is 33.2 Å². The van der Waals surface area contributed by atoms with E-state index in [1.807, 2.05) is 0 Å². The van der Waals surface area contributed by atoms with Crippen LogP contribution < -0.4 is 0 Å². The van der Waals surface area contributed by atoms with E-state index in [1.165, 1.54) is 0 Å². The maximum absolute atomic E-state index is 8.88. The third-order valence-corrected chi connectivity index (χ3v) is 0. The molecular weight excluding hydrogens is 295 g/mol. The molecule has 0 saturated heterocycles. The first kappa shape index (κ1) is 23.2. The van der Waals surface area contributed by atoms with Crippen molar-refractivity contribution in [2.45, 2.75) is 0 Å². The van der Waals surface area contributed by atoms with Gasteiger partial charge in [-0.15, -0.1) is 0 Å². The molecule has 0 heterocycles. The van der Waals surface area contributed by atoms with Gasteiger partial charge in [-0.2, -0.15) is 13.5 Å². The maximum atomic E-state index is 8.88. The van der Waals surface area contributed by atoms with E-state index in [2.05, 4.69) is 0 Å². The molecule has 0 unspecified atom stereocenters. The summed E-state index contributed by atoms with van der Waals surface area (Å²) in [6.07, 6.45) is 0. The Balaban J connectivity index is -0.0000000457. The van der Waals surface area contributed by atoms with E-state index < -0.39 is 15.6 Å². The SMILES string of the molecule is O=P(O)(O)O.O=P(O)(O)O.S.[GeH4].